The Kier molecular flexibility index (Phi) is 4.19. The first-order valence-electron chi connectivity index (χ1n) is 6.58. The van der Waals surface area contributed by atoms with E-state index in [2.05, 4.69) is 15.1 Å². The summed E-state index contributed by atoms with van der Waals surface area (Å²) in [7, 11) is 0. The molecule has 0 bridgehead atoms. The molecule has 0 aliphatic carbocycles. The number of aryl methyl sites for hydroxylation is 1. The molecule has 22 heavy (non-hydrogen) atoms. The van der Waals surface area contributed by atoms with Gasteiger partial charge in [0.2, 0.25) is 5.28 Å². The number of aromatic nitrogens is 4. The smallest absolute Gasteiger partial charge is 0.435 e. The molecule has 2 aromatic rings. The summed E-state index contributed by atoms with van der Waals surface area (Å²) in [6.45, 7) is 8.54. The normalized spacial score (nSPS) is 11.6. The van der Waals surface area contributed by atoms with Gasteiger partial charge in [0.25, 0.3) is 0 Å². The molecule has 0 atom stereocenters. The maximum atomic E-state index is 14.0. The van der Waals surface area contributed by atoms with E-state index in [4.69, 9.17) is 16.3 Å². The number of carbonyl (C=O) groups excluding carboxylic acids is 1. The Morgan fingerprint density at radius 3 is 2.59 bits per heavy atom. The Morgan fingerprint density at radius 1 is 1.36 bits per heavy atom. The summed E-state index contributed by atoms with van der Waals surface area (Å²) < 4.78 is 20.3. The van der Waals surface area contributed by atoms with Gasteiger partial charge in [-0.2, -0.15) is 9.78 Å². The summed E-state index contributed by atoms with van der Waals surface area (Å²) in [5.74, 6) is -0.640. The van der Waals surface area contributed by atoms with E-state index in [1.54, 1.807) is 34.6 Å². The lowest BCUT2D eigenvalue weighted by molar-refractivity contribution is 0.0510. The van der Waals surface area contributed by atoms with Crippen molar-refractivity contribution in [1.29, 1.82) is 0 Å². The predicted octanol–water partition coefficient (Wildman–Crippen LogP) is 3.53. The highest BCUT2D eigenvalue weighted by Gasteiger charge is 2.25. The summed E-state index contributed by atoms with van der Waals surface area (Å²) in [6, 6.07) is 0. The Morgan fingerprint density at radius 2 is 2.00 bits per heavy atom. The van der Waals surface area contributed by atoms with Gasteiger partial charge >= 0.3 is 6.09 Å². The molecule has 0 aliphatic rings. The highest BCUT2D eigenvalue weighted by molar-refractivity contribution is 6.28. The van der Waals surface area contributed by atoms with Gasteiger partial charge in [0.05, 0.1) is 17.6 Å². The number of nitrogens with zero attached hydrogens (tertiary/aromatic N) is 4. The van der Waals surface area contributed by atoms with Gasteiger partial charge in [-0.1, -0.05) is 0 Å². The van der Waals surface area contributed by atoms with Gasteiger partial charge in [-0.15, -0.1) is 0 Å². The fourth-order valence-electron chi connectivity index (χ4n) is 1.99. The first kappa shape index (κ1) is 16.4. The number of ether oxygens (including phenoxy) is 1. The van der Waals surface area contributed by atoms with E-state index in [-0.39, 0.29) is 11.0 Å². The zero-order valence-corrected chi connectivity index (χ0v) is 13.7. The topological polar surface area (TPSA) is 69.9 Å². The van der Waals surface area contributed by atoms with Crippen molar-refractivity contribution in [2.75, 3.05) is 0 Å². The van der Waals surface area contributed by atoms with Crippen molar-refractivity contribution in [3.05, 3.63) is 28.7 Å². The zero-order chi connectivity index (χ0) is 16.7. The Bertz CT molecular complexity index is 737. The fraction of sp³-hybridized carbons (Fsp3) is 0.429. The predicted molar refractivity (Wildman–Crippen MR) is 79.3 cm³/mol. The van der Waals surface area contributed by atoms with Crippen LogP contribution in [0.1, 0.15) is 32.2 Å². The molecule has 6 nitrogen and oxygen atoms in total. The van der Waals surface area contributed by atoms with Crippen LogP contribution in [0, 0.1) is 19.7 Å². The molecule has 0 amide bonds. The third kappa shape index (κ3) is 3.24. The number of carbonyl (C=O) groups is 1. The van der Waals surface area contributed by atoms with Crippen molar-refractivity contribution in [3.8, 4) is 11.3 Å². The van der Waals surface area contributed by atoms with Gasteiger partial charge in [0.1, 0.15) is 11.3 Å². The molecule has 2 rings (SSSR count). The van der Waals surface area contributed by atoms with E-state index in [1.807, 2.05) is 0 Å². The maximum absolute atomic E-state index is 14.0. The van der Waals surface area contributed by atoms with E-state index in [1.165, 1.54) is 0 Å². The van der Waals surface area contributed by atoms with Crippen LogP contribution >= 0.6 is 11.6 Å². The van der Waals surface area contributed by atoms with E-state index in [0.717, 1.165) is 10.9 Å². The van der Waals surface area contributed by atoms with Crippen LogP contribution in [0.25, 0.3) is 11.3 Å². The van der Waals surface area contributed by atoms with Gasteiger partial charge < -0.3 is 4.74 Å². The van der Waals surface area contributed by atoms with Crippen molar-refractivity contribution in [1.82, 2.24) is 19.7 Å². The highest BCUT2D eigenvalue weighted by Crippen LogP contribution is 2.28. The average molecular weight is 327 g/mol. The van der Waals surface area contributed by atoms with Crippen molar-refractivity contribution >= 4 is 17.7 Å². The zero-order valence-electron chi connectivity index (χ0n) is 12.9. The number of rotatable bonds is 1. The van der Waals surface area contributed by atoms with Gasteiger partial charge in [-0.05, 0) is 46.2 Å². The first-order chi connectivity index (χ1) is 10.1. The standard InChI is InChI=1S/C14H16ClFN4O2/c1-7-10(11-9(16)6-17-12(15)18-11)8(2)20(19-7)13(21)22-14(3,4)5/h6H,1-5H3. The van der Waals surface area contributed by atoms with Crippen LogP contribution in [0.5, 0.6) is 0 Å². The van der Waals surface area contributed by atoms with E-state index >= 15 is 0 Å². The minimum Gasteiger partial charge on any atom is -0.442 e. The molecule has 0 aliphatic heterocycles. The van der Waals surface area contributed by atoms with Crippen molar-refractivity contribution in [2.45, 2.75) is 40.2 Å². The molecular weight excluding hydrogens is 311 g/mol. The lowest BCUT2D eigenvalue weighted by Crippen LogP contribution is -2.28. The summed E-state index contributed by atoms with van der Waals surface area (Å²) in [5.41, 5.74) is 0.599. The Labute approximate surface area is 132 Å². The second-order valence-electron chi connectivity index (χ2n) is 5.77. The summed E-state index contributed by atoms with van der Waals surface area (Å²) in [6.07, 6.45) is 0.342. The van der Waals surface area contributed by atoms with Crippen LogP contribution in [-0.4, -0.2) is 31.4 Å². The lowest BCUT2D eigenvalue weighted by atomic mass is 10.1. The largest absolute Gasteiger partial charge is 0.442 e. The molecule has 0 N–H and O–H groups in total. The van der Waals surface area contributed by atoms with E-state index in [9.17, 15) is 9.18 Å². The van der Waals surface area contributed by atoms with E-state index < -0.39 is 17.5 Å². The maximum Gasteiger partial charge on any atom is 0.435 e. The van der Waals surface area contributed by atoms with Gasteiger partial charge in [-0.25, -0.2) is 19.2 Å². The van der Waals surface area contributed by atoms with Crippen molar-refractivity contribution < 1.29 is 13.9 Å². The molecule has 0 fully saturated rings. The number of hydrogen-bond acceptors (Lipinski definition) is 5. The minimum absolute atomic E-state index is 0.00445. The minimum atomic E-state index is -0.660. The second kappa shape index (κ2) is 5.64. The molecular formula is C14H16ClFN4O2. The Hall–Kier alpha value is -2.02. The van der Waals surface area contributed by atoms with Crippen LogP contribution < -0.4 is 0 Å². The Balaban J connectivity index is 2.52. The first-order valence-corrected chi connectivity index (χ1v) is 6.96. The molecule has 0 unspecified atom stereocenters. The van der Waals surface area contributed by atoms with Gasteiger partial charge in [0.15, 0.2) is 5.82 Å². The number of halogens is 2. The second-order valence-corrected chi connectivity index (χ2v) is 6.11. The third-order valence-corrected chi connectivity index (χ3v) is 2.99. The van der Waals surface area contributed by atoms with Crippen LogP contribution in [0.2, 0.25) is 5.28 Å². The van der Waals surface area contributed by atoms with Crippen LogP contribution in [-0.2, 0) is 4.74 Å². The molecule has 2 heterocycles. The number of hydrogen-bond donors (Lipinski definition) is 0. The van der Waals surface area contributed by atoms with Gasteiger partial charge in [-0.3, -0.25) is 0 Å². The van der Waals surface area contributed by atoms with Crippen LogP contribution in [0.15, 0.2) is 6.20 Å². The summed E-state index contributed by atoms with van der Waals surface area (Å²) in [5, 5.41) is 4.03. The molecule has 2 aromatic heterocycles. The average Bonchev–Trinajstić information content (AvgIpc) is 2.66. The van der Waals surface area contributed by atoms with Crippen LogP contribution in [0.3, 0.4) is 0 Å². The highest BCUT2D eigenvalue weighted by atomic mass is 35.5. The monoisotopic (exact) mass is 326 g/mol. The summed E-state index contributed by atoms with van der Waals surface area (Å²) >= 11 is 5.72. The van der Waals surface area contributed by atoms with Crippen molar-refractivity contribution in [3.63, 3.8) is 0 Å². The molecule has 0 saturated heterocycles. The molecule has 0 spiro atoms. The molecule has 118 valence electrons. The van der Waals surface area contributed by atoms with Crippen molar-refractivity contribution in [2.24, 2.45) is 0 Å². The quantitative estimate of drug-likeness (QED) is 0.750. The molecule has 8 heteroatoms. The SMILES string of the molecule is Cc1nn(C(=O)OC(C)(C)C)c(C)c1-c1nc(Cl)ncc1F. The molecule has 0 saturated carbocycles. The third-order valence-electron chi connectivity index (χ3n) is 2.81. The lowest BCUT2D eigenvalue weighted by Gasteiger charge is -2.19. The van der Waals surface area contributed by atoms with E-state index in [0.29, 0.717) is 17.0 Å². The summed E-state index contributed by atoms with van der Waals surface area (Å²) in [4.78, 5) is 19.6. The van der Waals surface area contributed by atoms with Gasteiger partial charge in [0, 0.05) is 5.56 Å². The molecule has 0 aromatic carbocycles. The molecule has 0 radical (unpaired) electrons. The fourth-order valence-corrected chi connectivity index (χ4v) is 2.12. The van der Waals surface area contributed by atoms with Crippen LogP contribution in [0.4, 0.5) is 9.18 Å².